The molecule has 1 rings (SSSR count). The van der Waals surface area contributed by atoms with Crippen molar-refractivity contribution in [2.45, 2.75) is 32.7 Å². The van der Waals surface area contributed by atoms with Gasteiger partial charge in [0.05, 0.1) is 6.61 Å². The van der Waals surface area contributed by atoms with Crippen LogP contribution in [-0.2, 0) is 0 Å². The van der Waals surface area contributed by atoms with Crippen LogP contribution in [-0.4, -0.2) is 38.7 Å². The molecule has 1 unspecified atom stereocenters. The molecule has 4 heteroatoms. The van der Waals surface area contributed by atoms with Crippen molar-refractivity contribution in [3.63, 3.8) is 0 Å². The Bertz CT molecular complexity index is 396. The van der Waals surface area contributed by atoms with E-state index in [1.807, 2.05) is 27.1 Å². The predicted octanol–water partition coefficient (Wildman–Crippen LogP) is 3.22. The zero-order chi connectivity index (χ0) is 15.0. The summed E-state index contributed by atoms with van der Waals surface area (Å²) in [5.74, 6) is 0.0627. The number of nitrogens with one attached hydrogen (secondary N) is 1. The van der Waals surface area contributed by atoms with Crippen molar-refractivity contribution < 1.29 is 9.13 Å². The second kappa shape index (κ2) is 8.93. The highest BCUT2D eigenvalue weighted by atomic mass is 19.1. The van der Waals surface area contributed by atoms with Crippen LogP contribution in [0.3, 0.4) is 0 Å². The van der Waals surface area contributed by atoms with E-state index in [-0.39, 0.29) is 11.9 Å². The van der Waals surface area contributed by atoms with Gasteiger partial charge in [-0.2, -0.15) is 0 Å². The number of hydrogen-bond donors (Lipinski definition) is 1. The number of ether oxygens (including phenoxy) is 1. The molecule has 0 radical (unpaired) electrons. The van der Waals surface area contributed by atoms with Gasteiger partial charge in [0.2, 0.25) is 0 Å². The Morgan fingerprint density at radius 3 is 2.70 bits per heavy atom. The van der Waals surface area contributed by atoms with Gasteiger partial charge in [-0.3, -0.25) is 0 Å². The standard InChI is InChI=1S/C16H27FN2O/c1-5-9-18-13(2)14-7-8-16(15(17)12-14)20-11-6-10-19(3)4/h7-8,12-13,18H,5-6,9-11H2,1-4H3. The molecule has 1 N–H and O–H groups in total. The quantitative estimate of drug-likeness (QED) is 0.704. The van der Waals surface area contributed by atoms with E-state index in [1.54, 1.807) is 12.1 Å². The summed E-state index contributed by atoms with van der Waals surface area (Å²) >= 11 is 0. The van der Waals surface area contributed by atoms with Crippen LogP contribution in [0.1, 0.15) is 38.3 Å². The van der Waals surface area contributed by atoms with Gasteiger partial charge in [-0.15, -0.1) is 0 Å². The third-order valence-corrected chi connectivity index (χ3v) is 3.16. The molecule has 0 aromatic heterocycles. The van der Waals surface area contributed by atoms with Crippen molar-refractivity contribution in [3.8, 4) is 5.75 Å². The first-order valence-corrected chi connectivity index (χ1v) is 7.35. The Balaban J connectivity index is 2.50. The van der Waals surface area contributed by atoms with Gasteiger partial charge in [0.15, 0.2) is 11.6 Å². The number of rotatable bonds is 9. The molecule has 114 valence electrons. The normalized spacial score (nSPS) is 12.7. The van der Waals surface area contributed by atoms with E-state index in [4.69, 9.17) is 4.74 Å². The molecular weight excluding hydrogens is 255 g/mol. The minimum absolute atomic E-state index is 0.159. The van der Waals surface area contributed by atoms with E-state index in [1.165, 1.54) is 0 Å². The smallest absolute Gasteiger partial charge is 0.165 e. The fourth-order valence-electron chi connectivity index (χ4n) is 1.95. The monoisotopic (exact) mass is 282 g/mol. The minimum Gasteiger partial charge on any atom is -0.490 e. The molecule has 0 saturated heterocycles. The molecule has 0 heterocycles. The molecule has 0 bridgehead atoms. The Morgan fingerprint density at radius 1 is 1.35 bits per heavy atom. The van der Waals surface area contributed by atoms with Gasteiger partial charge in [-0.05, 0) is 58.1 Å². The first-order chi connectivity index (χ1) is 9.54. The van der Waals surface area contributed by atoms with E-state index < -0.39 is 0 Å². The number of halogens is 1. The molecule has 0 aliphatic carbocycles. The Morgan fingerprint density at radius 2 is 2.10 bits per heavy atom. The number of nitrogens with zero attached hydrogens (tertiary/aromatic N) is 1. The van der Waals surface area contributed by atoms with Gasteiger partial charge in [0, 0.05) is 12.6 Å². The Hall–Kier alpha value is -1.13. The lowest BCUT2D eigenvalue weighted by molar-refractivity contribution is 0.271. The van der Waals surface area contributed by atoms with Crippen LogP contribution in [0.2, 0.25) is 0 Å². The van der Waals surface area contributed by atoms with Crippen molar-refractivity contribution in [2.75, 3.05) is 33.8 Å². The maximum Gasteiger partial charge on any atom is 0.165 e. The molecule has 1 aromatic rings. The van der Waals surface area contributed by atoms with Crippen LogP contribution >= 0.6 is 0 Å². The minimum atomic E-state index is -0.280. The second-order valence-corrected chi connectivity index (χ2v) is 5.37. The van der Waals surface area contributed by atoms with Crippen LogP contribution < -0.4 is 10.1 Å². The van der Waals surface area contributed by atoms with Crippen molar-refractivity contribution in [3.05, 3.63) is 29.6 Å². The van der Waals surface area contributed by atoms with Gasteiger partial charge in [-0.25, -0.2) is 4.39 Å². The third kappa shape index (κ3) is 5.88. The average Bonchev–Trinajstić information content (AvgIpc) is 2.42. The summed E-state index contributed by atoms with van der Waals surface area (Å²) in [5, 5.41) is 3.35. The van der Waals surface area contributed by atoms with E-state index in [2.05, 4.69) is 17.1 Å². The molecule has 1 atom stereocenters. The highest BCUT2D eigenvalue weighted by Gasteiger charge is 2.09. The molecule has 1 aromatic carbocycles. The van der Waals surface area contributed by atoms with Crippen LogP contribution in [0.25, 0.3) is 0 Å². The molecule has 0 amide bonds. The predicted molar refractivity (Wildman–Crippen MR) is 81.8 cm³/mol. The third-order valence-electron chi connectivity index (χ3n) is 3.16. The lowest BCUT2D eigenvalue weighted by atomic mass is 10.1. The van der Waals surface area contributed by atoms with Crippen molar-refractivity contribution in [1.29, 1.82) is 0 Å². The first kappa shape index (κ1) is 16.9. The summed E-state index contributed by atoms with van der Waals surface area (Å²) < 4.78 is 19.4. The van der Waals surface area contributed by atoms with Crippen LogP contribution in [0.4, 0.5) is 4.39 Å². The zero-order valence-electron chi connectivity index (χ0n) is 13.1. The molecule has 20 heavy (non-hydrogen) atoms. The molecule has 0 spiro atoms. The van der Waals surface area contributed by atoms with Gasteiger partial charge in [0.1, 0.15) is 0 Å². The van der Waals surface area contributed by atoms with Crippen molar-refractivity contribution in [1.82, 2.24) is 10.2 Å². The fraction of sp³-hybridized carbons (Fsp3) is 0.625. The first-order valence-electron chi connectivity index (χ1n) is 7.35. The van der Waals surface area contributed by atoms with Gasteiger partial charge < -0.3 is 15.0 Å². The maximum absolute atomic E-state index is 14.0. The van der Waals surface area contributed by atoms with Gasteiger partial charge in [-0.1, -0.05) is 13.0 Å². The SMILES string of the molecule is CCCNC(C)c1ccc(OCCCN(C)C)c(F)c1. The van der Waals surface area contributed by atoms with E-state index in [0.717, 1.165) is 31.5 Å². The number of hydrogen-bond acceptors (Lipinski definition) is 3. The van der Waals surface area contributed by atoms with E-state index in [9.17, 15) is 4.39 Å². The van der Waals surface area contributed by atoms with Crippen molar-refractivity contribution >= 4 is 0 Å². The summed E-state index contributed by atoms with van der Waals surface area (Å²) in [6.07, 6.45) is 1.96. The second-order valence-electron chi connectivity index (χ2n) is 5.37. The molecule has 0 fully saturated rings. The average molecular weight is 282 g/mol. The number of benzene rings is 1. The largest absolute Gasteiger partial charge is 0.490 e. The molecule has 0 aliphatic rings. The van der Waals surface area contributed by atoms with Gasteiger partial charge in [0.25, 0.3) is 0 Å². The Labute approximate surface area is 122 Å². The lowest BCUT2D eigenvalue weighted by Crippen LogP contribution is -2.19. The summed E-state index contributed by atoms with van der Waals surface area (Å²) in [5.41, 5.74) is 0.955. The van der Waals surface area contributed by atoms with Crippen LogP contribution in [0.5, 0.6) is 5.75 Å². The summed E-state index contributed by atoms with van der Waals surface area (Å²) in [6.45, 7) is 6.58. The zero-order valence-corrected chi connectivity index (χ0v) is 13.1. The molecular formula is C16H27FN2O. The van der Waals surface area contributed by atoms with Crippen LogP contribution in [0.15, 0.2) is 18.2 Å². The summed E-state index contributed by atoms with van der Waals surface area (Å²) in [6, 6.07) is 5.38. The summed E-state index contributed by atoms with van der Waals surface area (Å²) in [4.78, 5) is 2.09. The van der Waals surface area contributed by atoms with E-state index >= 15 is 0 Å². The summed E-state index contributed by atoms with van der Waals surface area (Å²) in [7, 11) is 4.03. The lowest BCUT2D eigenvalue weighted by Gasteiger charge is -2.15. The highest BCUT2D eigenvalue weighted by Crippen LogP contribution is 2.22. The van der Waals surface area contributed by atoms with Crippen molar-refractivity contribution in [2.24, 2.45) is 0 Å². The van der Waals surface area contributed by atoms with Gasteiger partial charge >= 0.3 is 0 Å². The molecule has 3 nitrogen and oxygen atoms in total. The fourth-order valence-corrected chi connectivity index (χ4v) is 1.95. The Kier molecular flexibility index (Phi) is 7.55. The molecule has 0 saturated carbocycles. The highest BCUT2D eigenvalue weighted by molar-refractivity contribution is 5.30. The molecule has 0 aliphatic heterocycles. The van der Waals surface area contributed by atoms with Crippen LogP contribution in [0, 0.1) is 5.82 Å². The topological polar surface area (TPSA) is 24.5 Å². The maximum atomic E-state index is 14.0. The van der Waals surface area contributed by atoms with E-state index in [0.29, 0.717) is 12.4 Å².